The first kappa shape index (κ1) is 8.48. The zero-order chi connectivity index (χ0) is 8.60. The van der Waals surface area contributed by atoms with Crippen LogP contribution in [0.25, 0.3) is 0 Å². The molecule has 0 aliphatic carbocycles. The van der Waals surface area contributed by atoms with Gasteiger partial charge in [-0.05, 0) is 12.8 Å². The number of hydrogen-bond donors (Lipinski definition) is 0. The monoisotopic (exact) mass is 170 g/mol. The first-order valence-electron chi connectivity index (χ1n) is 4.33. The van der Waals surface area contributed by atoms with E-state index in [1.54, 1.807) is 0 Å². The summed E-state index contributed by atoms with van der Waals surface area (Å²) in [6.07, 6.45) is 0. The Kier molecular flexibility index (Phi) is 2.10. The van der Waals surface area contributed by atoms with E-state index < -0.39 is 5.79 Å². The Hall–Kier alpha value is -0.120. The van der Waals surface area contributed by atoms with Gasteiger partial charge in [0, 0.05) is 5.92 Å². The van der Waals surface area contributed by atoms with Crippen molar-refractivity contribution >= 4 is 0 Å². The van der Waals surface area contributed by atoms with Crippen LogP contribution in [-0.4, -0.2) is 32.2 Å². The summed E-state index contributed by atoms with van der Waals surface area (Å²) in [5.74, 6) is 0.0605. The van der Waals surface area contributed by atoms with E-state index in [1.165, 1.54) is 0 Å². The summed E-state index contributed by atoms with van der Waals surface area (Å²) in [6.45, 7) is 10.2. The maximum atomic E-state index is 5.72. The van der Waals surface area contributed by atoms with E-state index in [2.05, 4.69) is 0 Å². The van der Waals surface area contributed by atoms with Crippen molar-refractivity contribution in [3.63, 3.8) is 0 Å². The summed E-state index contributed by atoms with van der Waals surface area (Å²) in [5.41, 5.74) is 0. The van der Waals surface area contributed by atoms with Gasteiger partial charge in [-0.3, -0.25) is 0 Å². The van der Waals surface area contributed by atoms with E-state index in [0.29, 0.717) is 32.3 Å². The second kappa shape index (κ2) is 2.98. The average Bonchev–Trinajstić information content (AvgIpc) is 2.02. The molecule has 2 heterocycles. The zero-order valence-corrected chi connectivity index (χ0v) is 7.29. The number of hydrogen-bond acceptors (Lipinski definition) is 3. The second-order valence-corrected chi connectivity index (χ2v) is 3.64. The Morgan fingerprint density at radius 2 is 1.92 bits per heavy atom. The van der Waals surface area contributed by atoms with Crippen molar-refractivity contribution in [2.45, 2.75) is 12.7 Å². The molecule has 0 aromatic carbocycles. The molecule has 1 spiro atoms. The normalized spacial score (nSPS) is 29.2. The molecule has 0 aromatic heterocycles. The van der Waals surface area contributed by atoms with Crippen LogP contribution in [0.3, 0.4) is 0 Å². The third kappa shape index (κ3) is 1.37. The Morgan fingerprint density at radius 1 is 1.33 bits per heavy atom. The molecular formula is C9H14O3. The van der Waals surface area contributed by atoms with Gasteiger partial charge < -0.3 is 14.2 Å². The first-order chi connectivity index (χ1) is 5.72. The second-order valence-electron chi connectivity index (χ2n) is 3.64. The molecule has 2 fully saturated rings. The van der Waals surface area contributed by atoms with Gasteiger partial charge in [-0.15, -0.1) is 0 Å². The Bertz CT molecular complexity index is 153. The highest BCUT2D eigenvalue weighted by Gasteiger charge is 2.45. The topological polar surface area (TPSA) is 27.7 Å². The quantitative estimate of drug-likeness (QED) is 0.580. The van der Waals surface area contributed by atoms with Crippen molar-refractivity contribution in [1.29, 1.82) is 0 Å². The van der Waals surface area contributed by atoms with Crippen LogP contribution in [0.5, 0.6) is 0 Å². The Morgan fingerprint density at radius 3 is 2.25 bits per heavy atom. The molecule has 12 heavy (non-hydrogen) atoms. The van der Waals surface area contributed by atoms with Gasteiger partial charge in [0.25, 0.3) is 0 Å². The number of ether oxygens (including phenoxy) is 3. The fourth-order valence-corrected chi connectivity index (χ4v) is 1.35. The molecule has 2 radical (unpaired) electrons. The van der Waals surface area contributed by atoms with Gasteiger partial charge in [0.15, 0.2) is 0 Å². The van der Waals surface area contributed by atoms with Gasteiger partial charge in [-0.25, -0.2) is 0 Å². The minimum Gasteiger partial charge on any atom is -0.370 e. The third-order valence-electron chi connectivity index (χ3n) is 2.51. The van der Waals surface area contributed by atoms with Crippen LogP contribution in [0, 0.1) is 18.8 Å². The highest BCUT2D eigenvalue weighted by Crippen LogP contribution is 2.30. The van der Waals surface area contributed by atoms with Gasteiger partial charge in [-0.1, -0.05) is 6.92 Å². The van der Waals surface area contributed by atoms with E-state index in [-0.39, 0.29) is 5.92 Å². The lowest BCUT2D eigenvalue weighted by molar-refractivity contribution is -0.372. The van der Waals surface area contributed by atoms with Gasteiger partial charge in [0.1, 0.15) is 13.2 Å². The predicted molar refractivity (Wildman–Crippen MR) is 42.4 cm³/mol. The molecule has 0 aromatic rings. The van der Waals surface area contributed by atoms with Gasteiger partial charge in [0.2, 0.25) is 5.79 Å². The summed E-state index contributed by atoms with van der Waals surface area (Å²) >= 11 is 0. The van der Waals surface area contributed by atoms with Gasteiger partial charge >= 0.3 is 0 Å². The highest BCUT2D eigenvalue weighted by atomic mass is 16.8. The van der Waals surface area contributed by atoms with E-state index in [1.807, 2.05) is 6.92 Å². The van der Waals surface area contributed by atoms with Crippen molar-refractivity contribution in [2.24, 2.45) is 11.8 Å². The fourth-order valence-electron chi connectivity index (χ4n) is 1.35. The van der Waals surface area contributed by atoms with Crippen molar-refractivity contribution in [1.82, 2.24) is 0 Å². The molecule has 2 rings (SSSR count). The molecule has 2 aliphatic heterocycles. The minimum absolute atomic E-state index is 0.142. The van der Waals surface area contributed by atoms with Crippen LogP contribution >= 0.6 is 0 Å². The summed E-state index contributed by atoms with van der Waals surface area (Å²) in [6, 6.07) is 0. The van der Waals surface area contributed by atoms with E-state index in [4.69, 9.17) is 21.1 Å². The summed E-state index contributed by atoms with van der Waals surface area (Å²) in [5, 5.41) is 0. The van der Waals surface area contributed by atoms with Crippen LogP contribution in [0.4, 0.5) is 0 Å². The maximum absolute atomic E-state index is 5.72. The molecule has 0 amide bonds. The maximum Gasteiger partial charge on any atom is 0.216 e. The SMILES string of the molecule is [CH]C(C)C1COC2(COC2)OC1. The van der Waals surface area contributed by atoms with Crippen LogP contribution in [0.1, 0.15) is 6.92 Å². The van der Waals surface area contributed by atoms with Gasteiger partial charge in [-0.2, -0.15) is 0 Å². The molecule has 0 saturated carbocycles. The molecule has 0 N–H and O–H groups in total. The van der Waals surface area contributed by atoms with E-state index >= 15 is 0 Å². The van der Waals surface area contributed by atoms with Crippen molar-refractivity contribution in [3.8, 4) is 0 Å². The standard InChI is InChI=1S/C9H14O3/c1-7(2)8-3-11-9(12-4-8)5-10-6-9/h1,7-8H,3-6H2,2H3. The summed E-state index contributed by atoms with van der Waals surface area (Å²) in [4.78, 5) is 0. The number of rotatable bonds is 1. The molecule has 2 saturated heterocycles. The van der Waals surface area contributed by atoms with Crippen molar-refractivity contribution in [3.05, 3.63) is 6.92 Å². The Balaban J connectivity index is 1.84. The third-order valence-corrected chi connectivity index (χ3v) is 2.51. The minimum atomic E-state index is -0.411. The van der Waals surface area contributed by atoms with Crippen LogP contribution in [-0.2, 0) is 14.2 Å². The van der Waals surface area contributed by atoms with Crippen molar-refractivity contribution in [2.75, 3.05) is 26.4 Å². The molecule has 68 valence electrons. The highest BCUT2D eigenvalue weighted by molar-refractivity contribution is 4.83. The van der Waals surface area contributed by atoms with Crippen LogP contribution < -0.4 is 0 Å². The van der Waals surface area contributed by atoms with Crippen molar-refractivity contribution < 1.29 is 14.2 Å². The largest absolute Gasteiger partial charge is 0.370 e. The lowest BCUT2D eigenvalue weighted by atomic mass is 9.96. The fraction of sp³-hybridized carbons (Fsp3) is 0.889. The lowest BCUT2D eigenvalue weighted by Gasteiger charge is -2.45. The van der Waals surface area contributed by atoms with Gasteiger partial charge in [0.05, 0.1) is 13.2 Å². The average molecular weight is 170 g/mol. The zero-order valence-electron chi connectivity index (χ0n) is 7.29. The first-order valence-corrected chi connectivity index (χ1v) is 4.33. The van der Waals surface area contributed by atoms with E-state index in [9.17, 15) is 0 Å². The molecule has 0 bridgehead atoms. The summed E-state index contributed by atoms with van der Waals surface area (Å²) in [7, 11) is 0. The predicted octanol–water partition coefficient (Wildman–Crippen LogP) is 0.723. The summed E-state index contributed by atoms with van der Waals surface area (Å²) < 4.78 is 16.1. The molecule has 3 heteroatoms. The molecule has 1 atom stereocenters. The van der Waals surface area contributed by atoms with Crippen LogP contribution in [0.15, 0.2) is 0 Å². The van der Waals surface area contributed by atoms with Crippen LogP contribution in [0.2, 0.25) is 0 Å². The molecule has 3 nitrogen and oxygen atoms in total. The smallest absolute Gasteiger partial charge is 0.216 e. The Labute approximate surface area is 73.0 Å². The lowest BCUT2D eigenvalue weighted by Crippen LogP contribution is -2.58. The molecule has 1 unspecified atom stereocenters. The molecule has 2 aliphatic rings. The molecular weight excluding hydrogens is 156 g/mol. The van der Waals surface area contributed by atoms with E-state index in [0.717, 1.165) is 0 Å².